The van der Waals surface area contributed by atoms with Crippen LogP contribution in [0.25, 0.3) is 0 Å². The average Bonchev–Trinajstić information content (AvgIpc) is 2.28. The second kappa shape index (κ2) is 5.97. The van der Waals surface area contributed by atoms with E-state index in [9.17, 15) is 13.2 Å². The van der Waals surface area contributed by atoms with Crippen LogP contribution in [0, 0.1) is 5.92 Å². The first-order chi connectivity index (χ1) is 8.35. The molecule has 1 aromatic carbocycles. The van der Waals surface area contributed by atoms with Gasteiger partial charge in [0.15, 0.2) is 0 Å². The number of benzene rings is 1. The van der Waals surface area contributed by atoms with Crippen LogP contribution in [0.3, 0.4) is 0 Å². The summed E-state index contributed by atoms with van der Waals surface area (Å²) in [5, 5.41) is 2.72. The molecule has 0 heterocycles. The molecule has 0 aliphatic carbocycles. The number of nitrogens with one attached hydrogen (secondary N) is 2. The van der Waals surface area contributed by atoms with E-state index in [2.05, 4.69) is 10.0 Å². The smallest absolute Gasteiger partial charge is 0.240 e. The fraction of sp³-hybridized carbons (Fsp3) is 0.417. The molecule has 0 atom stereocenters. The highest BCUT2D eigenvalue weighted by molar-refractivity contribution is 7.89. The van der Waals surface area contributed by atoms with Crippen LogP contribution in [0.4, 0.5) is 5.69 Å². The molecule has 0 fully saturated rings. The minimum atomic E-state index is -3.43. The molecule has 0 aliphatic rings. The summed E-state index contributed by atoms with van der Waals surface area (Å²) >= 11 is 0. The lowest BCUT2D eigenvalue weighted by Crippen LogP contribution is -2.18. The second-order valence-electron chi connectivity index (χ2n) is 4.38. The van der Waals surface area contributed by atoms with Crippen molar-refractivity contribution in [3.05, 3.63) is 24.3 Å². The Balaban J connectivity index is 2.75. The largest absolute Gasteiger partial charge is 0.326 e. The minimum absolute atomic E-state index is 0.0748. The van der Waals surface area contributed by atoms with Gasteiger partial charge in [-0.1, -0.05) is 13.8 Å². The number of carbonyl (C=O) groups excluding carboxylic acids is 1. The van der Waals surface area contributed by atoms with E-state index in [1.54, 1.807) is 12.1 Å². The number of carbonyl (C=O) groups is 1. The fourth-order valence-electron chi connectivity index (χ4n) is 1.42. The molecule has 1 rings (SSSR count). The molecule has 0 radical (unpaired) electrons. The molecule has 0 spiro atoms. The van der Waals surface area contributed by atoms with Gasteiger partial charge in [-0.3, -0.25) is 4.79 Å². The monoisotopic (exact) mass is 270 g/mol. The Bertz CT molecular complexity index is 507. The van der Waals surface area contributed by atoms with Gasteiger partial charge < -0.3 is 5.32 Å². The van der Waals surface area contributed by atoms with Crippen LogP contribution in [-0.2, 0) is 14.8 Å². The third-order valence-electron chi connectivity index (χ3n) is 2.31. The Morgan fingerprint density at radius 2 is 1.78 bits per heavy atom. The molecule has 5 nitrogen and oxygen atoms in total. The van der Waals surface area contributed by atoms with Gasteiger partial charge in [0.1, 0.15) is 0 Å². The molecule has 0 saturated carbocycles. The van der Waals surface area contributed by atoms with Crippen molar-refractivity contribution in [2.45, 2.75) is 25.2 Å². The molecule has 18 heavy (non-hydrogen) atoms. The molecule has 2 N–H and O–H groups in total. The molecule has 6 heteroatoms. The second-order valence-corrected chi connectivity index (χ2v) is 6.26. The van der Waals surface area contributed by atoms with Crippen LogP contribution in [0.1, 0.15) is 20.3 Å². The standard InChI is InChI=1S/C12H18N2O3S/c1-9(2)8-12(15)14-10-4-6-11(7-5-10)18(16,17)13-3/h4-7,9,13H,8H2,1-3H3,(H,14,15). The van der Waals surface area contributed by atoms with Crippen LogP contribution in [0.2, 0.25) is 0 Å². The van der Waals surface area contributed by atoms with E-state index in [0.717, 1.165) is 0 Å². The fourth-order valence-corrected chi connectivity index (χ4v) is 2.15. The SMILES string of the molecule is CNS(=O)(=O)c1ccc(NC(=O)CC(C)C)cc1. The van der Waals surface area contributed by atoms with E-state index in [-0.39, 0.29) is 16.7 Å². The summed E-state index contributed by atoms with van der Waals surface area (Å²) in [6, 6.07) is 6.05. The maximum absolute atomic E-state index is 11.5. The van der Waals surface area contributed by atoms with E-state index in [1.165, 1.54) is 19.2 Å². The number of hydrogen-bond donors (Lipinski definition) is 2. The Labute approximate surface area is 108 Å². The summed E-state index contributed by atoms with van der Waals surface area (Å²) in [5.74, 6) is 0.211. The molecule has 0 aliphatic heterocycles. The number of amides is 1. The van der Waals surface area contributed by atoms with Gasteiger partial charge in [0.2, 0.25) is 15.9 Å². The van der Waals surface area contributed by atoms with E-state index >= 15 is 0 Å². The summed E-state index contributed by atoms with van der Waals surface area (Å²) < 4.78 is 25.2. The van der Waals surface area contributed by atoms with Crippen molar-refractivity contribution in [2.24, 2.45) is 5.92 Å². The molecular formula is C12H18N2O3S. The van der Waals surface area contributed by atoms with Gasteiger partial charge in [-0.25, -0.2) is 13.1 Å². The molecule has 0 bridgehead atoms. The minimum Gasteiger partial charge on any atom is -0.326 e. The Hall–Kier alpha value is -1.40. The lowest BCUT2D eigenvalue weighted by molar-refractivity contribution is -0.116. The molecule has 0 aromatic heterocycles. The van der Waals surface area contributed by atoms with E-state index < -0.39 is 10.0 Å². The highest BCUT2D eigenvalue weighted by Gasteiger charge is 2.11. The van der Waals surface area contributed by atoms with Crippen molar-refractivity contribution in [1.82, 2.24) is 4.72 Å². The quantitative estimate of drug-likeness (QED) is 0.853. The van der Waals surface area contributed by atoms with E-state index in [0.29, 0.717) is 12.1 Å². The van der Waals surface area contributed by atoms with Gasteiger partial charge in [0, 0.05) is 12.1 Å². The highest BCUT2D eigenvalue weighted by Crippen LogP contribution is 2.14. The van der Waals surface area contributed by atoms with Crippen molar-refractivity contribution in [3.63, 3.8) is 0 Å². The van der Waals surface area contributed by atoms with E-state index in [4.69, 9.17) is 0 Å². The first-order valence-corrected chi connectivity index (χ1v) is 7.17. The predicted molar refractivity (Wildman–Crippen MR) is 70.8 cm³/mol. The van der Waals surface area contributed by atoms with Gasteiger partial charge in [0.05, 0.1) is 4.90 Å². The van der Waals surface area contributed by atoms with Crippen LogP contribution < -0.4 is 10.0 Å². The molecule has 100 valence electrons. The highest BCUT2D eigenvalue weighted by atomic mass is 32.2. The first-order valence-electron chi connectivity index (χ1n) is 5.68. The topological polar surface area (TPSA) is 75.3 Å². The summed E-state index contributed by atoms with van der Waals surface area (Å²) in [6.07, 6.45) is 0.441. The Morgan fingerprint density at radius 1 is 1.22 bits per heavy atom. The zero-order chi connectivity index (χ0) is 13.8. The van der Waals surface area contributed by atoms with E-state index in [1.807, 2.05) is 13.8 Å². The zero-order valence-electron chi connectivity index (χ0n) is 10.7. The normalized spacial score (nSPS) is 11.6. The number of rotatable bonds is 5. The third kappa shape index (κ3) is 4.12. The van der Waals surface area contributed by atoms with Crippen molar-refractivity contribution in [1.29, 1.82) is 0 Å². The van der Waals surface area contributed by atoms with Crippen LogP contribution in [-0.4, -0.2) is 21.4 Å². The van der Waals surface area contributed by atoms with Gasteiger partial charge in [-0.2, -0.15) is 0 Å². The summed E-state index contributed by atoms with van der Waals surface area (Å²) in [6.45, 7) is 3.92. The van der Waals surface area contributed by atoms with Gasteiger partial charge in [-0.15, -0.1) is 0 Å². The van der Waals surface area contributed by atoms with Gasteiger partial charge >= 0.3 is 0 Å². The maximum Gasteiger partial charge on any atom is 0.240 e. The van der Waals surface area contributed by atoms with Crippen molar-refractivity contribution < 1.29 is 13.2 Å². The summed E-state index contributed by atoms with van der Waals surface area (Å²) in [4.78, 5) is 11.7. The molecule has 0 unspecified atom stereocenters. The molecule has 1 aromatic rings. The van der Waals surface area contributed by atoms with Crippen molar-refractivity contribution in [3.8, 4) is 0 Å². The van der Waals surface area contributed by atoms with Crippen LogP contribution in [0.5, 0.6) is 0 Å². The first kappa shape index (κ1) is 14.7. The number of sulfonamides is 1. The lowest BCUT2D eigenvalue weighted by Gasteiger charge is -2.08. The van der Waals surface area contributed by atoms with Crippen LogP contribution >= 0.6 is 0 Å². The van der Waals surface area contributed by atoms with Gasteiger partial charge in [0.25, 0.3) is 0 Å². The van der Waals surface area contributed by atoms with Crippen molar-refractivity contribution in [2.75, 3.05) is 12.4 Å². The maximum atomic E-state index is 11.5. The van der Waals surface area contributed by atoms with Crippen molar-refractivity contribution >= 4 is 21.6 Å². The number of anilines is 1. The lowest BCUT2D eigenvalue weighted by atomic mass is 10.1. The molecular weight excluding hydrogens is 252 g/mol. The predicted octanol–water partition coefficient (Wildman–Crippen LogP) is 1.58. The third-order valence-corrected chi connectivity index (χ3v) is 3.74. The number of hydrogen-bond acceptors (Lipinski definition) is 3. The molecule has 1 amide bonds. The summed E-state index contributed by atoms with van der Waals surface area (Å²) in [7, 11) is -2.07. The Morgan fingerprint density at radius 3 is 2.22 bits per heavy atom. The Kier molecular flexibility index (Phi) is 4.86. The van der Waals surface area contributed by atoms with Crippen LogP contribution in [0.15, 0.2) is 29.2 Å². The average molecular weight is 270 g/mol. The molecule has 0 saturated heterocycles. The van der Waals surface area contributed by atoms with Gasteiger partial charge in [-0.05, 0) is 37.2 Å². The zero-order valence-corrected chi connectivity index (χ0v) is 11.5. The summed E-state index contributed by atoms with van der Waals surface area (Å²) in [5.41, 5.74) is 0.593.